The van der Waals surface area contributed by atoms with Gasteiger partial charge in [-0.25, -0.2) is 4.98 Å². The Bertz CT molecular complexity index is 803. The van der Waals surface area contributed by atoms with E-state index in [2.05, 4.69) is 11.1 Å². The van der Waals surface area contributed by atoms with Gasteiger partial charge in [0.15, 0.2) is 5.89 Å². The molecule has 6 heteroatoms. The van der Waals surface area contributed by atoms with Gasteiger partial charge in [0.2, 0.25) is 5.76 Å². The fourth-order valence-corrected chi connectivity index (χ4v) is 2.69. The summed E-state index contributed by atoms with van der Waals surface area (Å²) < 4.78 is 5.47. The Hall–Kier alpha value is -2.32. The van der Waals surface area contributed by atoms with Crippen molar-refractivity contribution >= 4 is 23.2 Å². The molecule has 1 saturated carbocycles. The summed E-state index contributed by atoms with van der Waals surface area (Å²) in [5, 5.41) is 9.84. The van der Waals surface area contributed by atoms with Crippen LogP contribution >= 0.6 is 11.6 Å². The predicted molar refractivity (Wildman–Crippen MR) is 86.5 cm³/mol. The van der Waals surface area contributed by atoms with E-state index in [1.54, 1.807) is 36.9 Å². The fraction of sp³-hybridized carbons (Fsp3) is 0.353. The standard InChI is InChI=1S/C17H16ClN3O2/c1-10-16(23-11(2)20-10)17(22)21(9-12-3-4-12)15-7-14(18)6-5-13(15)8-19/h5-7,12H,3-4,9H2,1-2H3. The Labute approximate surface area is 139 Å². The molecule has 0 atom stereocenters. The molecule has 1 heterocycles. The van der Waals surface area contributed by atoms with Crippen LogP contribution in [-0.4, -0.2) is 17.4 Å². The van der Waals surface area contributed by atoms with E-state index in [-0.39, 0.29) is 11.7 Å². The third-order valence-corrected chi connectivity index (χ3v) is 4.09. The summed E-state index contributed by atoms with van der Waals surface area (Å²) in [5.74, 6) is 0.832. The Balaban J connectivity index is 2.04. The summed E-state index contributed by atoms with van der Waals surface area (Å²) in [6, 6.07) is 7.05. The highest BCUT2D eigenvalue weighted by Crippen LogP contribution is 2.34. The third-order valence-electron chi connectivity index (χ3n) is 3.85. The molecule has 0 spiro atoms. The lowest BCUT2D eigenvalue weighted by atomic mass is 10.1. The minimum absolute atomic E-state index is 0.215. The smallest absolute Gasteiger partial charge is 0.296 e. The summed E-state index contributed by atoms with van der Waals surface area (Å²) in [5.41, 5.74) is 1.48. The molecule has 2 aromatic rings. The average Bonchev–Trinajstić information content (AvgIpc) is 3.27. The van der Waals surface area contributed by atoms with Crippen LogP contribution in [0.4, 0.5) is 5.69 Å². The van der Waals surface area contributed by atoms with Gasteiger partial charge in [0, 0.05) is 18.5 Å². The van der Waals surface area contributed by atoms with Gasteiger partial charge in [-0.15, -0.1) is 0 Å². The van der Waals surface area contributed by atoms with Gasteiger partial charge in [-0.3, -0.25) is 4.79 Å². The first-order valence-electron chi connectivity index (χ1n) is 7.45. The van der Waals surface area contributed by atoms with Crippen molar-refractivity contribution in [3.05, 3.63) is 46.1 Å². The van der Waals surface area contributed by atoms with Crippen molar-refractivity contribution in [2.24, 2.45) is 5.92 Å². The zero-order valence-corrected chi connectivity index (χ0v) is 13.7. The number of carbonyl (C=O) groups is 1. The predicted octanol–water partition coefficient (Wildman–Crippen LogP) is 3.87. The number of aromatic nitrogens is 1. The second kappa shape index (κ2) is 6.05. The van der Waals surface area contributed by atoms with E-state index in [0.29, 0.717) is 40.3 Å². The maximum Gasteiger partial charge on any atom is 0.296 e. The molecule has 0 N–H and O–H groups in total. The zero-order valence-electron chi connectivity index (χ0n) is 13.0. The van der Waals surface area contributed by atoms with Crippen LogP contribution in [0.25, 0.3) is 0 Å². The number of halogens is 1. The van der Waals surface area contributed by atoms with Crippen molar-refractivity contribution < 1.29 is 9.21 Å². The monoisotopic (exact) mass is 329 g/mol. The van der Waals surface area contributed by atoms with Gasteiger partial charge in [-0.05, 0) is 43.9 Å². The summed E-state index contributed by atoms with van der Waals surface area (Å²) in [6.07, 6.45) is 2.17. The largest absolute Gasteiger partial charge is 0.436 e. The van der Waals surface area contributed by atoms with Crippen LogP contribution < -0.4 is 4.90 Å². The van der Waals surface area contributed by atoms with Crippen molar-refractivity contribution in [3.8, 4) is 6.07 Å². The van der Waals surface area contributed by atoms with E-state index in [9.17, 15) is 10.1 Å². The van der Waals surface area contributed by atoms with Gasteiger partial charge >= 0.3 is 0 Å². The summed E-state index contributed by atoms with van der Waals surface area (Å²) in [4.78, 5) is 18.7. The molecule has 1 aromatic heterocycles. The highest BCUT2D eigenvalue weighted by molar-refractivity contribution is 6.31. The molecule has 3 rings (SSSR count). The molecule has 1 amide bonds. The molecule has 0 radical (unpaired) electrons. The van der Waals surface area contributed by atoms with Gasteiger partial charge in [-0.1, -0.05) is 11.6 Å². The number of amides is 1. The Morgan fingerprint density at radius 2 is 2.22 bits per heavy atom. The van der Waals surface area contributed by atoms with Crippen LogP contribution in [0.5, 0.6) is 0 Å². The molecule has 118 valence electrons. The molecule has 23 heavy (non-hydrogen) atoms. The molecule has 0 unspecified atom stereocenters. The van der Waals surface area contributed by atoms with Crippen LogP contribution in [0.2, 0.25) is 5.02 Å². The second-order valence-electron chi connectivity index (χ2n) is 5.78. The van der Waals surface area contributed by atoms with Gasteiger partial charge in [0.1, 0.15) is 6.07 Å². The topological polar surface area (TPSA) is 70.1 Å². The Morgan fingerprint density at radius 1 is 1.48 bits per heavy atom. The van der Waals surface area contributed by atoms with Crippen LogP contribution in [0.15, 0.2) is 22.6 Å². The lowest BCUT2D eigenvalue weighted by molar-refractivity contribution is 0.0957. The minimum Gasteiger partial charge on any atom is -0.436 e. The molecule has 0 bridgehead atoms. The van der Waals surface area contributed by atoms with E-state index in [1.165, 1.54) is 0 Å². The number of oxazole rings is 1. The van der Waals surface area contributed by atoms with Gasteiger partial charge in [0.25, 0.3) is 5.91 Å². The van der Waals surface area contributed by atoms with Gasteiger partial charge in [-0.2, -0.15) is 5.26 Å². The van der Waals surface area contributed by atoms with E-state index >= 15 is 0 Å². The Kier molecular flexibility index (Phi) is 4.10. The normalized spacial score (nSPS) is 13.7. The fourth-order valence-electron chi connectivity index (χ4n) is 2.52. The first kappa shape index (κ1) is 15.6. The molecule has 1 aromatic carbocycles. The maximum atomic E-state index is 13.0. The van der Waals surface area contributed by atoms with Gasteiger partial charge in [0.05, 0.1) is 16.9 Å². The lowest BCUT2D eigenvalue weighted by Crippen LogP contribution is -2.33. The average molecular weight is 330 g/mol. The quantitative estimate of drug-likeness (QED) is 0.853. The maximum absolute atomic E-state index is 13.0. The second-order valence-corrected chi connectivity index (χ2v) is 6.22. The number of nitrogens with zero attached hydrogens (tertiary/aromatic N) is 3. The Morgan fingerprint density at radius 3 is 2.78 bits per heavy atom. The number of benzene rings is 1. The summed E-state index contributed by atoms with van der Waals surface area (Å²) in [6.45, 7) is 3.99. The molecule has 1 aliphatic rings. The molecule has 1 aliphatic carbocycles. The van der Waals surface area contributed by atoms with Crippen molar-refractivity contribution in [3.63, 3.8) is 0 Å². The van der Waals surface area contributed by atoms with Crippen LogP contribution in [-0.2, 0) is 0 Å². The first-order valence-corrected chi connectivity index (χ1v) is 7.83. The van der Waals surface area contributed by atoms with E-state index in [4.69, 9.17) is 16.0 Å². The summed E-state index contributed by atoms with van der Waals surface area (Å²) >= 11 is 6.07. The molecular weight excluding hydrogens is 314 g/mol. The number of anilines is 1. The molecule has 0 saturated heterocycles. The number of hydrogen-bond donors (Lipinski definition) is 0. The van der Waals surface area contributed by atoms with Crippen LogP contribution in [0.3, 0.4) is 0 Å². The lowest BCUT2D eigenvalue weighted by Gasteiger charge is -2.23. The van der Waals surface area contributed by atoms with E-state index in [1.807, 2.05) is 0 Å². The molecule has 5 nitrogen and oxygen atoms in total. The molecular formula is C17H16ClN3O2. The molecule has 0 aliphatic heterocycles. The number of rotatable bonds is 4. The zero-order chi connectivity index (χ0) is 16.6. The van der Waals surface area contributed by atoms with Crippen molar-refractivity contribution in [2.45, 2.75) is 26.7 Å². The SMILES string of the molecule is Cc1nc(C)c(C(=O)N(CC2CC2)c2cc(Cl)ccc2C#N)o1. The number of aryl methyl sites for hydroxylation is 2. The highest BCUT2D eigenvalue weighted by atomic mass is 35.5. The van der Waals surface area contributed by atoms with Gasteiger partial charge < -0.3 is 9.32 Å². The minimum atomic E-state index is -0.284. The number of carbonyl (C=O) groups excluding carboxylic acids is 1. The van der Waals surface area contributed by atoms with E-state index in [0.717, 1.165) is 12.8 Å². The van der Waals surface area contributed by atoms with Crippen molar-refractivity contribution in [1.29, 1.82) is 5.26 Å². The van der Waals surface area contributed by atoms with E-state index < -0.39 is 0 Å². The van der Waals surface area contributed by atoms with Crippen LogP contribution in [0, 0.1) is 31.1 Å². The van der Waals surface area contributed by atoms with Crippen LogP contribution in [0.1, 0.15) is 40.5 Å². The molecule has 1 fully saturated rings. The van der Waals surface area contributed by atoms with Crippen molar-refractivity contribution in [1.82, 2.24) is 4.98 Å². The highest BCUT2D eigenvalue weighted by Gasteiger charge is 2.32. The first-order chi connectivity index (χ1) is 11.0. The number of nitriles is 1. The van der Waals surface area contributed by atoms with Crippen molar-refractivity contribution in [2.75, 3.05) is 11.4 Å². The third kappa shape index (κ3) is 3.22. The summed E-state index contributed by atoms with van der Waals surface area (Å²) in [7, 11) is 0. The number of hydrogen-bond acceptors (Lipinski definition) is 4.